The van der Waals surface area contributed by atoms with Crippen molar-refractivity contribution in [3.05, 3.63) is 0 Å². The van der Waals surface area contributed by atoms with Gasteiger partial charge in [-0.25, -0.2) is 4.79 Å². The zero-order valence-corrected chi connectivity index (χ0v) is 18.5. The largest absolute Gasteiger partial charge is 0.460 e. The molecule has 0 amide bonds. The monoisotopic (exact) mass is 424 g/mol. The van der Waals surface area contributed by atoms with Gasteiger partial charge in [-0.15, -0.1) is 0 Å². The first-order valence-electron chi connectivity index (χ1n) is 11.6. The van der Waals surface area contributed by atoms with Gasteiger partial charge in [-0.05, 0) is 18.8 Å². The second-order valence-electron chi connectivity index (χ2n) is 11.2. The zero-order chi connectivity index (χ0) is 21.7. The third-order valence-electron chi connectivity index (χ3n) is 9.28. The molecule has 0 aromatic heterocycles. The van der Waals surface area contributed by atoms with Crippen LogP contribution in [0.15, 0.2) is 0 Å². The number of hydrogen-bond donors (Lipinski definition) is 3. The second kappa shape index (κ2) is 6.41. The minimum atomic E-state index is -1.13. The van der Waals surface area contributed by atoms with Crippen LogP contribution in [0.4, 0.5) is 0 Å². The van der Waals surface area contributed by atoms with Crippen molar-refractivity contribution in [2.45, 2.75) is 108 Å². The van der Waals surface area contributed by atoms with Gasteiger partial charge in [0.15, 0.2) is 6.10 Å². The summed E-state index contributed by atoms with van der Waals surface area (Å²) in [5, 5.41) is 32.5. The van der Waals surface area contributed by atoms with Crippen LogP contribution in [0, 0.1) is 22.7 Å². The quantitative estimate of drug-likeness (QED) is 0.323. The topological polar surface area (TPSA) is 112 Å². The minimum Gasteiger partial charge on any atom is -0.460 e. The molecular formula is C23H36O7. The van der Waals surface area contributed by atoms with Gasteiger partial charge in [-0.1, -0.05) is 53.4 Å². The molecule has 2 saturated heterocycles. The standard InChI is InChI=1S/C23H36O7/c1-5-6-7-8-9-13(24)19(27)29-17-14-12(10-20(17,2)3)15(25)23-18(30-23)16(26)22(11-28-22)21(14,23)4/h12-18,24-26H,5-11H2,1-4H3/t12-,13+,14-,15-,16-,17+,18+,21+,22-,23+/m0/s1. The molecule has 0 aromatic carbocycles. The summed E-state index contributed by atoms with van der Waals surface area (Å²) in [4.78, 5) is 12.8. The molecule has 2 heterocycles. The lowest BCUT2D eigenvalue weighted by atomic mass is 9.64. The molecule has 170 valence electrons. The van der Waals surface area contributed by atoms with Crippen molar-refractivity contribution < 1.29 is 34.3 Å². The first-order chi connectivity index (χ1) is 14.1. The summed E-state index contributed by atoms with van der Waals surface area (Å²) >= 11 is 0. The first kappa shape index (κ1) is 21.1. The van der Waals surface area contributed by atoms with E-state index in [2.05, 4.69) is 20.8 Å². The van der Waals surface area contributed by atoms with Gasteiger partial charge >= 0.3 is 5.97 Å². The third-order valence-corrected chi connectivity index (χ3v) is 9.28. The maximum atomic E-state index is 12.8. The van der Waals surface area contributed by atoms with E-state index in [1.165, 1.54) is 0 Å². The minimum absolute atomic E-state index is 0.0944. The van der Waals surface area contributed by atoms with E-state index in [4.69, 9.17) is 14.2 Å². The smallest absolute Gasteiger partial charge is 0.335 e. The first-order valence-corrected chi connectivity index (χ1v) is 11.6. The predicted octanol–water partition coefficient (Wildman–Crippen LogP) is 1.55. The fourth-order valence-corrected chi connectivity index (χ4v) is 7.65. The number of ether oxygens (including phenoxy) is 3. The molecule has 2 aliphatic heterocycles. The SMILES string of the molecule is CCCCCC[C@@H](O)C(=O)O[C@@H]1[C@@H]2[C@H](CC1(C)C)[C@H](O)[C@@]13O[C@@H]1[C@H](O)[C@@]1(CO1)[C@@]23C. The molecule has 0 unspecified atom stereocenters. The Morgan fingerprint density at radius 1 is 1.17 bits per heavy atom. The fraction of sp³-hybridized carbons (Fsp3) is 0.957. The number of carbonyl (C=O) groups excluding carboxylic acids is 1. The Hall–Kier alpha value is -0.730. The number of aliphatic hydroxyl groups is 3. The maximum Gasteiger partial charge on any atom is 0.335 e. The summed E-state index contributed by atoms with van der Waals surface area (Å²) in [7, 11) is 0. The Kier molecular flexibility index (Phi) is 4.52. The Balaban J connectivity index is 1.39. The number of carbonyl (C=O) groups is 1. The highest BCUT2D eigenvalue weighted by molar-refractivity contribution is 5.74. The van der Waals surface area contributed by atoms with Gasteiger partial charge in [0.1, 0.15) is 29.5 Å². The van der Waals surface area contributed by atoms with Crippen LogP contribution in [0.5, 0.6) is 0 Å². The molecule has 30 heavy (non-hydrogen) atoms. The highest BCUT2D eigenvalue weighted by Crippen LogP contribution is 2.82. The van der Waals surface area contributed by atoms with Crippen molar-refractivity contribution >= 4 is 5.97 Å². The van der Waals surface area contributed by atoms with Crippen LogP contribution in [-0.4, -0.2) is 69.6 Å². The lowest BCUT2D eigenvalue weighted by molar-refractivity contribution is -0.174. The third kappa shape index (κ3) is 2.31. The van der Waals surface area contributed by atoms with E-state index in [9.17, 15) is 20.1 Å². The summed E-state index contributed by atoms with van der Waals surface area (Å²) in [6.45, 7) is 8.70. The van der Waals surface area contributed by atoms with Crippen LogP contribution in [0.1, 0.15) is 66.2 Å². The normalized spacial score (nSPS) is 52.6. The Bertz CT molecular complexity index is 733. The molecule has 7 heteroatoms. The van der Waals surface area contributed by atoms with Gasteiger partial charge in [-0.3, -0.25) is 0 Å². The number of rotatable bonds is 7. The van der Waals surface area contributed by atoms with Gasteiger partial charge in [-0.2, -0.15) is 0 Å². The van der Waals surface area contributed by atoms with Gasteiger partial charge in [0.25, 0.3) is 0 Å². The maximum absolute atomic E-state index is 12.8. The highest BCUT2D eigenvalue weighted by atomic mass is 16.7. The van der Waals surface area contributed by atoms with Crippen molar-refractivity contribution in [2.24, 2.45) is 22.7 Å². The van der Waals surface area contributed by atoms with Crippen LogP contribution in [0.25, 0.3) is 0 Å². The average Bonchev–Trinajstić information content (AvgIpc) is 3.58. The van der Waals surface area contributed by atoms with Crippen LogP contribution in [0.3, 0.4) is 0 Å². The summed E-state index contributed by atoms with van der Waals surface area (Å²) in [6, 6.07) is 0. The van der Waals surface area contributed by atoms with E-state index in [-0.39, 0.29) is 17.3 Å². The predicted molar refractivity (Wildman–Crippen MR) is 106 cm³/mol. The van der Waals surface area contributed by atoms with Gasteiger partial charge in [0, 0.05) is 16.7 Å². The molecule has 5 fully saturated rings. The number of aliphatic hydroxyl groups excluding tert-OH is 3. The van der Waals surface area contributed by atoms with Crippen LogP contribution >= 0.6 is 0 Å². The van der Waals surface area contributed by atoms with Crippen molar-refractivity contribution in [1.82, 2.24) is 0 Å². The molecular weight excluding hydrogens is 388 g/mol. The number of unbranched alkanes of at least 4 members (excludes halogenated alkanes) is 3. The molecule has 10 atom stereocenters. The Morgan fingerprint density at radius 2 is 1.87 bits per heavy atom. The molecule has 0 bridgehead atoms. The highest BCUT2D eigenvalue weighted by Gasteiger charge is 2.97. The van der Waals surface area contributed by atoms with Crippen LogP contribution in [0.2, 0.25) is 0 Å². The molecule has 0 aromatic rings. The summed E-state index contributed by atoms with van der Waals surface area (Å²) in [5.74, 6) is -0.867. The van der Waals surface area contributed by atoms with Crippen LogP contribution < -0.4 is 0 Å². The van der Waals surface area contributed by atoms with Crippen molar-refractivity contribution in [3.8, 4) is 0 Å². The number of esters is 1. The van der Waals surface area contributed by atoms with Gasteiger partial charge < -0.3 is 29.5 Å². The summed E-state index contributed by atoms with van der Waals surface area (Å²) in [5.41, 5.74) is -2.55. The van der Waals surface area contributed by atoms with Crippen molar-refractivity contribution in [1.29, 1.82) is 0 Å². The molecule has 0 radical (unpaired) electrons. The fourth-order valence-electron chi connectivity index (χ4n) is 7.65. The van der Waals surface area contributed by atoms with E-state index < -0.39 is 53.1 Å². The number of hydrogen-bond acceptors (Lipinski definition) is 7. The second-order valence-corrected chi connectivity index (χ2v) is 11.2. The number of fused-ring (bicyclic) bond motifs is 3. The van der Waals surface area contributed by atoms with Crippen molar-refractivity contribution in [2.75, 3.05) is 6.61 Å². The van der Waals surface area contributed by atoms with E-state index in [1.54, 1.807) is 0 Å². The molecule has 2 spiro atoms. The zero-order valence-electron chi connectivity index (χ0n) is 18.5. The molecule has 5 rings (SSSR count). The molecule has 3 N–H and O–H groups in total. The van der Waals surface area contributed by atoms with Crippen molar-refractivity contribution in [3.63, 3.8) is 0 Å². The van der Waals surface area contributed by atoms with E-state index >= 15 is 0 Å². The average molecular weight is 425 g/mol. The molecule has 3 saturated carbocycles. The van der Waals surface area contributed by atoms with E-state index in [0.717, 1.165) is 25.7 Å². The molecule has 7 nitrogen and oxygen atoms in total. The number of epoxide rings is 2. The van der Waals surface area contributed by atoms with Gasteiger partial charge in [0.05, 0.1) is 12.7 Å². The lowest BCUT2D eigenvalue weighted by Gasteiger charge is -2.43. The van der Waals surface area contributed by atoms with Crippen LogP contribution in [-0.2, 0) is 19.0 Å². The molecule has 3 aliphatic carbocycles. The van der Waals surface area contributed by atoms with E-state index in [0.29, 0.717) is 19.4 Å². The van der Waals surface area contributed by atoms with E-state index in [1.807, 2.05) is 6.92 Å². The Labute approximate surface area is 178 Å². The Morgan fingerprint density at radius 3 is 2.50 bits per heavy atom. The summed E-state index contributed by atoms with van der Waals surface area (Å²) in [6.07, 6.45) is 1.54. The summed E-state index contributed by atoms with van der Waals surface area (Å²) < 4.78 is 17.8. The van der Waals surface area contributed by atoms with Gasteiger partial charge in [0.2, 0.25) is 0 Å². The lowest BCUT2D eigenvalue weighted by Crippen LogP contribution is -2.54. The molecule has 5 aliphatic rings.